The highest BCUT2D eigenvalue weighted by Crippen LogP contribution is 2.49. The number of benzene rings is 1. The molecular formula is C24H29N3O3S. The number of anilines is 1. The monoisotopic (exact) mass is 439 g/mol. The van der Waals surface area contributed by atoms with Gasteiger partial charge in [0.15, 0.2) is 5.13 Å². The van der Waals surface area contributed by atoms with E-state index < -0.39 is 11.5 Å². The highest BCUT2D eigenvalue weighted by Gasteiger charge is 2.54. The summed E-state index contributed by atoms with van der Waals surface area (Å²) < 4.78 is 5.34. The van der Waals surface area contributed by atoms with Gasteiger partial charge in [-0.05, 0) is 43.7 Å². The van der Waals surface area contributed by atoms with Crippen LogP contribution in [0.5, 0.6) is 0 Å². The van der Waals surface area contributed by atoms with Crippen molar-refractivity contribution in [1.82, 2.24) is 9.88 Å². The van der Waals surface area contributed by atoms with Crippen molar-refractivity contribution in [2.75, 3.05) is 25.6 Å². The van der Waals surface area contributed by atoms with Gasteiger partial charge >= 0.3 is 0 Å². The lowest BCUT2D eigenvalue weighted by Gasteiger charge is -2.53. The number of hydrogen-bond acceptors (Lipinski definition) is 5. The van der Waals surface area contributed by atoms with Crippen molar-refractivity contribution >= 4 is 28.3 Å². The smallest absolute Gasteiger partial charge is 0.254 e. The Morgan fingerprint density at radius 2 is 2.03 bits per heavy atom. The van der Waals surface area contributed by atoms with Crippen molar-refractivity contribution in [3.8, 4) is 0 Å². The number of ether oxygens (including phenoxy) is 1. The van der Waals surface area contributed by atoms with Crippen LogP contribution in [-0.2, 0) is 22.4 Å². The Balaban J connectivity index is 1.56. The van der Waals surface area contributed by atoms with Gasteiger partial charge in [-0.3, -0.25) is 9.59 Å². The first-order chi connectivity index (χ1) is 15.1. The third-order valence-corrected chi connectivity index (χ3v) is 8.22. The van der Waals surface area contributed by atoms with E-state index in [0.29, 0.717) is 23.8 Å². The fraction of sp³-hybridized carbons (Fsp3) is 0.542. The van der Waals surface area contributed by atoms with Crippen LogP contribution in [0.2, 0.25) is 0 Å². The molecule has 7 heteroatoms. The van der Waals surface area contributed by atoms with E-state index in [9.17, 15) is 9.59 Å². The van der Waals surface area contributed by atoms with E-state index in [0.717, 1.165) is 62.6 Å². The van der Waals surface area contributed by atoms with Crippen LogP contribution in [0.1, 0.15) is 70.9 Å². The van der Waals surface area contributed by atoms with Crippen molar-refractivity contribution < 1.29 is 14.3 Å². The third-order valence-electron chi connectivity index (χ3n) is 7.15. The Labute approximate surface area is 187 Å². The molecule has 1 saturated carbocycles. The molecular weight excluding hydrogens is 410 g/mol. The molecule has 1 N–H and O–H groups in total. The number of aromatic nitrogens is 1. The second-order valence-electron chi connectivity index (χ2n) is 8.87. The number of amides is 2. The molecule has 3 aliphatic rings. The van der Waals surface area contributed by atoms with E-state index in [1.165, 1.54) is 4.88 Å². The standard InChI is InChI=1S/C24H29N3O3S/c1-30-15-14-27-22(29)17-9-4-3-8-16(17)20(24(27)12-5-2-6-13-24)21(28)26-23-25-18-10-7-11-19(18)31-23/h3-4,8-9,20H,2,5-7,10-15H2,1H3,(H,25,26,28)/t20-/m0/s1. The van der Waals surface area contributed by atoms with Gasteiger partial charge in [0.2, 0.25) is 5.91 Å². The normalized spacial score (nSPS) is 21.8. The van der Waals surface area contributed by atoms with Crippen LogP contribution in [0.15, 0.2) is 24.3 Å². The van der Waals surface area contributed by atoms with Gasteiger partial charge in [0.25, 0.3) is 5.91 Å². The summed E-state index contributed by atoms with van der Waals surface area (Å²) in [5, 5.41) is 3.84. The van der Waals surface area contributed by atoms with E-state index in [1.54, 1.807) is 18.4 Å². The zero-order chi connectivity index (χ0) is 21.4. The molecule has 1 aromatic carbocycles. The zero-order valence-electron chi connectivity index (χ0n) is 18.0. The number of methoxy groups -OCH3 is 1. The predicted molar refractivity (Wildman–Crippen MR) is 121 cm³/mol. The Morgan fingerprint density at radius 1 is 1.23 bits per heavy atom. The van der Waals surface area contributed by atoms with Crippen LogP contribution in [0.3, 0.4) is 0 Å². The number of hydrogen-bond donors (Lipinski definition) is 1. The molecule has 1 atom stereocenters. The lowest BCUT2D eigenvalue weighted by atomic mass is 9.65. The third kappa shape index (κ3) is 3.48. The maximum atomic E-state index is 13.8. The molecule has 2 aliphatic carbocycles. The fourth-order valence-corrected chi connectivity index (χ4v) is 6.83. The molecule has 164 valence electrons. The summed E-state index contributed by atoms with van der Waals surface area (Å²) in [7, 11) is 1.65. The molecule has 1 aromatic heterocycles. The Kier molecular flexibility index (Phi) is 5.56. The predicted octanol–water partition coefficient (Wildman–Crippen LogP) is 4.16. The van der Waals surface area contributed by atoms with Gasteiger partial charge in [0, 0.05) is 24.1 Å². The van der Waals surface area contributed by atoms with Crippen LogP contribution >= 0.6 is 11.3 Å². The number of nitrogens with zero attached hydrogens (tertiary/aromatic N) is 2. The highest BCUT2D eigenvalue weighted by atomic mass is 32.1. The summed E-state index contributed by atoms with van der Waals surface area (Å²) >= 11 is 1.60. The SMILES string of the molecule is COCCN1C(=O)c2ccccc2[C@@H](C(=O)Nc2nc3c(s2)CCC3)C12CCCCC2. The molecule has 6 nitrogen and oxygen atoms in total. The molecule has 0 radical (unpaired) electrons. The van der Waals surface area contributed by atoms with Crippen molar-refractivity contribution in [2.45, 2.75) is 62.8 Å². The summed E-state index contributed by atoms with van der Waals surface area (Å²) in [6.45, 7) is 0.961. The molecule has 1 aliphatic heterocycles. The number of thiazole rings is 1. The van der Waals surface area contributed by atoms with E-state index in [2.05, 4.69) is 10.3 Å². The number of carbonyl (C=O) groups excluding carboxylic acids is 2. The number of carbonyl (C=O) groups is 2. The van der Waals surface area contributed by atoms with E-state index in [4.69, 9.17) is 4.74 Å². The zero-order valence-corrected chi connectivity index (χ0v) is 18.8. The Bertz CT molecular complexity index is 974. The average molecular weight is 440 g/mol. The lowest BCUT2D eigenvalue weighted by Crippen LogP contribution is -2.62. The topological polar surface area (TPSA) is 71.5 Å². The lowest BCUT2D eigenvalue weighted by molar-refractivity contribution is -0.122. The van der Waals surface area contributed by atoms with E-state index in [1.807, 2.05) is 29.2 Å². The van der Waals surface area contributed by atoms with Crippen molar-refractivity contribution in [3.63, 3.8) is 0 Å². The van der Waals surface area contributed by atoms with Gasteiger partial charge in [-0.1, -0.05) is 37.5 Å². The number of aryl methyl sites for hydroxylation is 2. The molecule has 0 unspecified atom stereocenters. The molecule has 1 fully saturated rings. The Morgan fingerprint density at radius 3 is 2.81 bits per heavy atom. The molecule has 31 heavy (non-hydrogen) atoms. The largest absolute Gasteiger partial charge is 0.383 e. The second kappa shape index (κ2) is 8.36. The molecule has 2 aromatic rings. The fourth-order valence-electron chi connectivity index (χ4n) is 5.77. The van der Waals surface area contributed by atoms with Crippen LogP contribution in [-0.4, -0.2) is 47.5 Å². The minimum absolute atomic E-state index is 0.0202. The van der Waals surface area contributed by atoms with Gasteiger partial charge in [-0.25, -0.2) is 4.98 Å². The molecule has 2 amide bonds. The number of rotatable bonds is 5. The van der Waals surface area contributed by atoms with Crippen LogP contribution < -0.4 is 5.32 Å². The minimum atomic E-state index is -0.508. The van der Waals surface area contributed by atoms with Gasteiger partial charge in [-0.2, -0.15) is 0 Å². The summed E-state index contributed by atoms with van der Waals surface area (Å²) in [5.74, 6) is -0.430. The average Bonchev–Trinajstić information content (AvgIpc) is 3.36. The second-order valence-corrected chi connectivity index (χ2v) is 9.95. The minimum Gasteiger partial charge on any atom is -0.383 e. The maximum absolute atomic E-state index is 13.8. The number of fused-ring (bicyclic) bond motifs is 2. The van der Waals surface area contributed by atoms with Crippen LogP contribution in [0, 0.1) is 0 Å². The molecule has 5 rings (SSSR count). The first-order valence-electron chi connectivity index (χ1n) is 11.3. The van der Waals surface area contributed by atoms with Gasteiger partial charge in [-0.15, -0.1) is 11.3 Å². The quantitative estimate of drug-likeness (QED) is 0.759. The summed E-state index contributed by atoms with van der Waals surface area (Å²) in [6, 6.07) is 7.63. The van der Waals surface area contributed by atoms with Crippen LogP contribution in [0.25, 0.3) is 0 Å². The summed E-state index contributed by atoms with van der Waals surface area (Å²) in [5.41, 5.74) is 2.11. The van der Waals surface area contributed by atoms with Gasteiger partial charge in [0.05, 0.1) is 23.8 Å². The summed E-state index contributed by atoms with van der Waals surface area (Å²) in [4.78, 5) is 35.3. The van der Waals surface area contributed by atoms with Crippen molar-refractivity contribution in [2.24, 2.45) is 0 Å². The summed E-state index contributed by atoms with van der Waals surface area (Å²) in [6.07, 6.45) is 8.06. The maximum Gasteiger partial charge on any atom is 0.254 e. The van der Waals surface area contributed by atoms with Crippen molar-refractivity contribution in [3.05, 3.63) is 46.0 Å². The first kappa shape index (κ1) is 20.6. The van der Waals surface area contributed by atoms with Crippen molar-refractivity contribution in [1.29, 1.82) is 0 Å². The van der Waals surface area contributed by atoms with Gasteiger partial charge < -0.3 is 15.0 Å². The number of nitrogens with one attached hydrogen (secondary N) is 1. The van der Waals surface area contributed by atoms with Gasteiger partial charge in [0.1, 0.15) is 0 Å². The van der Waals surface area contributed by atoms with Crippen LogP contribution in [0.4, 0.5) is 5.13 Å². The first-order valence-corrected chi connectivity index (χ1v) is 12.1. The molecule has 0 bridgehead atoms. The molecule has 1 spiro atoms. The Hall–Kier alpha value is -2.25. The molecule has 0 saturated heterocycles. The highest BCUT2D eigenvalue weighted by molar-refractivity contribution is 7.15. The molecule has 2 heterocycles. The van der Waals surface area contributed by atoms with E-state index >= 15 is 0 Å². The van der Waals surface area contributed by atoms with E-state index in [-0.39, 0.29) is 11.8 Å².